The van der Waals surface area contributed by atoms with E-state index in [9.17, 15) is 8.94 Å². The fraction of sp³-hybridized carbons (Fsp3) is 0.545. The normalized spacial score (nSPS) is 14.5. The fourth-order valence-corrected chi connectivity index (χ4v) is 3.91. The molecule has 2 heterocycles. The van der Waals surface area contributed by atoms with Crippen LogP contribution in [0.4, 0.5) is 4.39 Å². The molecule has 0 aromatic carbocycles. The summed E-state index contributed by atoms with van der Waals surface area (Å²) in [6, 6.07) is 1.75. The minimum Gasteiger partial charge on any atom is -0.591 e. The van der Waals surface area contributed by atoms with E-state index in [4.69, 9.17) is 8.84 Å². The van der Waals surface area contributed by atoms with E-state index >= 15 is 0 Å². The molecule has 8 heteroatoms. The topological polar surface area (TPSA) is 70.7 Å². The molecule has 0 fully saturated rings. The number of aryl methyl sites for hydroxylation is 1. The van der Waals surface area contributed by atoms with Gasteiger partial charge in [0.1, 0.15) is 22.3 Å². The van der Waals surface area contributed by atoms with Crippen molar-refractivity contribution < 1.29 is 17.8 Å². The number of rotatable bonds is 6. The molecule has 0 aliphatic heterocycles. The Hall–Kier alpha value is -1.48. The summed E-state index contributed by atoms with van der Waals surface area (Å²) in [6.45, 7) is 18.2. The number of aromatic nitrogens is 1. The monoisotopic (exact) mass is 452 g/mol. The predicted molar refractivity (Wildman–Crippen MR) is 124 cm³/mol. The van der Waals surface area contributed by atoms with Gasteiger partial charge in [0.2, 0.25) is 5.95 Å². The summed E-state index contributed by atoms with van der Waals surface area (Å²) >= 11 is -1.42. The number of hydrogen-bond acceptors (Lipinski definition) is 5. The fourth-order valence-electron chi connectivity index (χ4n) is 2.47. The third-order valence-corrected chi connectivity index (χ3v) is 11.3. The standard InChI is InChI=1S/C22H33FN2O3SSi/c1-15-13-27-18(12-25-29(26)21(2,3)4)19(15)16-10-11-24-20(23)17(16)14-28-30(8,9)22(5,6)7/h10-13H,14H2,1-9H3. The van der Waals surface area contributed by atoms with Crippen LogP contribution in [0.5, 0.6) is 0 Å². The van der Waals surface area contributed by atoms with Crippen LogP contribution in [0.15, 0.2) is 27.3 Å². The van der Waals surface area contributed by atoms with Gasteiger partial charge in [-0.05, 0) is 63.0 Å². The van der Waals surface area contributed by atoms with Gasteiger partial charge in [0.25, 0.3) is 0 Å². The van der Waals surface area contributed by atoms with Gasteiger partial charge in [-0.3, -0.25) is 0 Å². The summed E-state index contributed by atoms with van der Waals surface area (Å²) in [7, 11) is -2.08. The van der Waals surface area contributed by atoms with E-state index in [1.807, 2.05) is 27.7 Å². The van der Waals surface area contributed by atoms with E-state index in [1.54, 1.807) is 12.3 Å². The first kappa shape index (κ1) is 24.8. The quantitative estimate of drug-likeness (QED) is 0.227. The Morgan fingerprint density at radius 3 is 2.47 bits per heavy atom. The lowest BCUT2D eigenvalue weighted by molar-refractivity contribution is 0.270. The Bertz CT molecular complexity index is 914. The maximum Gasteiger partial charge on any atom is 0.218 e. The van der Waals surface area contributed by atoms with Crippen molar-refractivity contribution in [2.75, 3.05) is 0 Å². The first-order valence-corrected chi connectivity index (χ1v) is 14.0. The van der Waals surface area contributed by atoms with Crippen LogP contribution in [-0.2, 0) is 22.4 Å². The first-order valence-electron chi connectivity index (χ1n) is 9.97. The average molecular weight is 453 g/mol. The maximum atomic E-state index is 14.8. The zero-order chi connectivity index (χ0) is 22.9. The molecule has 0 bridgehead atoms. The number of furan rings is 1. The Morgan fingerprint density at radius 2 is 1.90 bits per heavy atom. The van der Waals surface area contributed by atoms with E-state index in [0.29, 0.717) is 22.5 Å². The van der Waals surface area contributed by atoms with Gasteiger partial charge in [0.15, 0.2) is 14.1 Å². The van der Waals surface area contributed by atoms with Crippen molar-refractivity contribution in [3.63, 3.8) is 0 Å². The second-order valence-corrected chi connectivity index (χ2v) is 16.7. The van der Waals surface area contributed by atoms with Crippen molar-refractivity contribution in [2.24, 2.45) is 4.40 Å². The van der Waals surface area contributed by atoms with Crippen LogP contribution in [0.2, 0.25) is 18.1 Å². The van der Waals surface area contributed by atoms with Gasteiger partial charge < -0.3 is 13.4 Å². The molecule has 1 atom stereocenters. The van der Waals surface area contributed by atoms with E-state index in [0.717, 1.165) is 5.56 Å². The second-order valence-electron chi connectivity index (χ2n) is 9.93. The molecule has 1 unspecified atom stereocenters. The molecule has 166 valence electrons. The summed E-state index contributed by atoms with van der Waals surface area (Å²) in [5.41, 5.74) is 2.57. The summed E-state index contributed by atoms with van der Waals surface area (Å²) in [5, 5.41) is 0.00619. The van der Waals surface area contributed by atoms with Gasteiger partial charge in [-0.1, -0.05) is 25.2 Å². The molecule has 0 spiro atoms. The van der Waals surface area contributed by atoms with E-state index in [2.05, 4.69) is 43.2 Å². The Kier molecular flexibility index (Phi) is 7.39. The summed E-state index contributed by atoms with van der Waals surface area (Å²) in [4.78, 5) is 3.83. The number of nitrogens with zero attached hydrogens (tertiary/aromatic N) is 2. The van der Waals surface area contributed by atoms with Crippen LogP contribution >= 0.6 is 0 Å². The Balaban J connectivity index is 2.46. The number of pyridine rings is 1. The summed E-state index contributed by atoms with van der Waals surface area (Å²) in [6.07, 6.45) is 4.48. The molecule has 0 aliphatic carbocycles. The van der Waals surface area contributed by atoms with Crippen molar-refractivity contribution in [3.8, 4) is 11.1 Å². The van der Waals surface area contributed by atoms with Gasteiger partial charge in [0, 0.05) is 17.3 Å². The molecule has 2 aromatic rings. The van der Waals surface area contributed by atoms with Gasteiger partial charge in [0.05, 0.1) is 12.9 Å². The molecule has 0 amide bonds. The molecule has 0 radical (unpaired) electrons. The minimum atomic E-state index is -2.08. The highest BCUT2D eigenvalue weighted by molar-refractivity contribution is 7.91. The van der Waals surface area contributed by atoms with Crippen molar-refractivity contribution in [1.82, 2.24) is 4.98 Å². The number of halogens is 1. The SMILES string of the molecule is Cc1coc(C=N[S+]([O-])C(C)(C)C)c1-c1ccnc(F)c1CO[Si](C)(C)C(C)(C)C. The molecule has 2 aromatic heterocycles. The summed E-state index contributed by atoms with van der Waals surface area (Å²) < 4.78 is 42.7. The zero-order valence-corrected chi connectivity index (χ0v) is 21.2. The smallest absolute Gasteiger partial charge is 0.218 e. The van der Waals surface area contributed by atoms with Crippen molar-refractivity contribution >= 4 is 25.9 Å². The van der Waals surface area contributed by atoms with Crippen LogP contribution < -0.4 is 0 Å². The van der Waals surface area contributed by atoms with Gasteiger partial charge in [-0.2, -0.15) is 4.39 Å². The lowest BCUT2D eigenvalue weighted by Gasteiger charge is -2.36. The van der Waals surface area contributed by atoms with Crippen LogP contribution in [-0.4, -0.2) is 28.8 Å². The van der Waals surface area contributed by atoms with E-state index in [-0.39, 0.29) is 11.6 Å². The van der Waals surface area contributed by atoms with Crippen LogP contribution in [0.1, 0.15) is 58.4 Å². The van der Waals surface area contributed by atoms with Crippen LogP contribution in [0, 0.1) is 12.9 Å². The Morgan fingerprint density at radius 1 is 1.27 bits per heavy atom. The highest BCUT2D eigenvalue weighted by Gasteiger charge is 2.37. The summed E-state index contributed by atoms with van der Waals surface area (Å²) in [5.74, 6) is -0.128. The van der Waals surface area contributed by atoms with Crippen LogP contribution in [0.3, 0.4) is 0 Å². The van der Waals surface area contributed by atoms with Crippen LogP contribution in [0.25, 0.3) is 11.1 Å². The molecule has 2 rings (SSSR count). The first-order chi connectivity index (χ1) is 13.6. The molecule has 0 saturated carbocycles. The van der Waals surface area contributed by atoms with Crippen molar-refractivity contribution in [2.45, 2.75) is 78.0 Å². The highest BCUT2D eigenvalue weighted by Crippen LogP contribution is 2.38. The molecule has 0 aliphatic rings. The third-order valence-electron chi connectivity index (χ3n) is 5.45. The third kappa shape index (κ3) is 5.60. The zero-order valence-electron chi connectivity index (χ0n) is 19.4. The average Bonchev–Trinajstić information content (AvgIpc) is 2.97. The van der Waals surface area contributed by atoms with Crippen molar-refractivity contribution in [1.29, 1.82) is 0 Å². The van der Waals surface area contributed by atoms with E-state index < -0.39 is 30.4 Å². The predicted octanol–water partition coefficient (Wildman–Crippen LogP) is 6.19. The largest absolute Gasteiger partial charge is 0.591 e. The molecule has 0 N–H and O–H groups in total. The molecular weight excluding hydrogens is 419 g/mol. The molecular formula is C22H33FN2O3SSi. The lowest BCUT2D eigenvalue weighted by atomic mass is 9.99. The van der Waals surface area contributed by atoms with E-state index in [1.165, 1.54) is 12.4 Å². The number of hydrogen-bond donors (Lipinski definition) is 0. The second kappa shape index (κ2) is 8.94. The Labute approximate surface area is 183 Å². The van der Waals surface area contributed by atoms with Gasteiger partial charge in [-0.15, -0.1) is 0 Å². The maximum absolute atomic E-state index is 14.8. The molecule has 5 nitrogen and oxygen atoms in total. The van der Waals surface area contributed by atoms with Crippen molar-refractivity contribution in [3.05, 3.63) is 41.4 Å². The molecule has 30 heavy (non-hydrogen) atoms. The van der Waals surface area contributed by atoms with Gasteiger partial charge in [-0.25, -0.2) is 4.98 Å². The minimum absolute atomic E-state index is 0.00619. The van der Waals surface area contributed by atoms with Gasteiger partial charge >= 0.3 is 0 Å². The molecule has 0 saturated heterocycles. The highest BCUT2D eigenvalue weighted by atomic mass is 32.2. The lowest BCUT2D eigenvalue weighted by Crippen LogP contribution is -2.40.